The molecule has 0 N–H and O–H groups in total. The Hall–Kier alpha value is -3.27. The second kappa shape index (κ2) is 8.62. The molecule has 1 atom stereocenters. The molecule has 1 aliphatic rings. The molecule has 4 heterocycles. The lowest BCUT2D eigenvalue weighted by molar-refractivity contribution is 0.0528. The number of halogens is 1. The zero-order valence-electron chi connectivity index (χ0n) is 16.7. The van der Waals surface area contributed by atoms with Gasteiger partial charge in [-0.15, -0.1) is 0 Å². The van der Waals surface area contributed by atoms with Crippen molar-refractivity contribution in [2.45, 2.75) is 19.4 Å². The number of anilines is 1. The SMILES string of the molecule is CCOC(=O)c1cnn2ccc(N3CCOCCC3c3cc(F)cnc3OC)nc12. The Kier molecular flexibility index (Phi) is 5.75. The fraction of sp³-hybridized carbons (Fsp3) is 0.400. The maximum atomic E-state index is 14.0. The summed E-state index contributed by atoms with van der Waals surface area (Å²) in [7, 11) is 1.50. The molecule has 3 aromatic heterocycles. The van der Waals surface area contributed by atoms with E-state index in [2.05, 4.69) is 15.1 Å². The van der Waals surface area contributed by atoms with Crippen LogP contribution in [0.3, 0.4) is 0 Å². The largest absolute Gasteiger partial charge is 0.481 e. The van der Waals surface area contributed by atoms with Crippen molar-refractivity contribution in [2.75, 3.05) is 38.4 Å². The lowest BCUT2D eigenvalue weighted by Gasteiger charge is -2.31. The average molecular weight is 415 g/mol. The van der Waals surface area contributed by atoms with Crippen LogP contribution in [0.2, 0.25) is 0 Å². The molecule has 1 saturated heterocycles. The van der Waals surface area contributed by atoms with E-state index in [0.29, 0.717) is 49.1 Å². The predicted molar refractivity (Wildman–Crippen MR) is 105 cm³/mol. The minimum atomic E-state index is -0.483. The number of rotatable bonds is 5. The van der Waals surface area contributed by atoms with Gasteiger partial charge in [0.25, 0.3) is 0 Å². The highest BCUT2D eigenvalue weighted by molar-refractivity contribution is 5.95. The van der Waals surface area contributed by atoms with Crippen molar-refractivity contribution in [1.29, 1.82) is 0 Å². The lowest BCUT2D eigenvalue weighted by atomic mass is 10.0. The third-order valence-corrected chi connectivity index (χ3v) is 4.93. The summed E-state index contributed by atoms with van der Waals surface area (Å²) in [6.07, 6.45) is 4.89. The Balaban J connectivity index is 1.78. The Morgan fingerprint density at radius 3 is 3.03 bits per heavy atom. The van der Waals surface area contributed by atoms with E-state index >= 15 is 0 Å². The summed E-state index contributed by atoms with van der Waals surface area (Å²) < 4.78 is 31.6. The Morgan fingerprint density at radius 2 is 2.23 bits per heavy atom. The minimum absolute atomic E-state index is 0.258. The second-order valence-corrected chi connectivity index (χ2v) is 6.69. The van der Waals surface area contributed by atoms with E-state index in [-0.39, 0.29) is 18.2 Å². The summed E-state index contributed by atoms with van der Waals surface area (Å²) in [6, 6.07) is 2.96. The number of pyridine rings is 1. The van der Waals surface area contributed by atoms with E-state index in [9.17, 15) is 9.18 Å². The standard InChI is InChI=1S/C20H22FN5O4/c1-3-30-20(27)15-12-23-26-6-4-17(24-18(15)26)25-7-9-29-8-5-16(25)14-10-13(21)11-22-19(14)28-2/h4,6,10-12,16H,3,5,7-9H2,1-2H3. The number of hydrogen-bond acceptors (Lipinski definition) is 8. The van der Waals surface area contributed by atoms with Crippen molar-refractivity contribution in [3.8, 4) is 5.88 Å². The lowest BCUT2D eigenvalue weighted by Crippen LogP contribution is -2.31. The average Bonchev–Trinajstić information content (AvgIpc) is 3.02. The molecule has 0 radical (unpaired) electrons. The molecule has 0 aromatic carbocycles. The monoisotopic (exact) mass is 415 g/mol. The van der Waals surface area contributed by atoms with Gasteiger partial charge in [0.15, 0.2) is 5.65 Å². The Labute approximate surface area is 172 Å². The number of hydrogen-bond donors (Lipinski definition) is 0. The van der Waals surface area contributed by atoms with Gasteiger partial charge in [-0.2, -0.15) is 5.10 Å². The molecule has 10 heteroatoms. The number of fused-ring (bicyclic) bond motifs is 1. The third kappa shape index (κ3) is 3.78. The van der Waals surface area contributed by atoms with Crippen LogP contribution in [0.1, 0.15) is 35.3 Å². The number of carbonyl (C=O) groups excluding carboxylic acids is 1. The zero-order valence-corrected chi connectivity index (χ0v) is 16.7. The maximum absolute atomic E-state index is 14.0. The van der Waals surface area contributed by atoms with E-state index in [1.54, 1.807) is 19.2 Å². The van der Waals surface area contributed by atoms with Gasteiger partial charge in [0.2, 0.25) is 5.88 Å². The van der Waals surface area contributed by atoms with Gasteiger partial charge in [-0.05, 0) is 25.5 Å². The van der Waals surface area contributed by atoms with Crippen LogP contribution in [0, 0.1) is 5.82 Å². The summed E-state index contributed by atoms with van der Waals surface area (Å²) in [4.78, 5) is 23.0. The smallest absolute Gasteiger partial charge is 0.343 e. The number of carbonyl (C=O) groups is 1. The molecule has 9 nitrogen and oxygen atoms in total. The van der Waals surface area contributed by atoms with E-state index in [0.717, 1.165) is 6.20 Å². The van der Waals surface area contributed by atoms with Gasteiger partial charge in [-0.3, -0.25) is 0 Å². The van der Waals surface area contributed by atoms with Crippen molar-refractivity contribution in [1.82, 2.24) is 19.6 Å². The van der Waals surface area contributed by atoms with Gasteiger partial charge in [0.1, 0.15) is 17.2 Å². The summed E-state index contributed by atoms with van der Waals surface area (Å²) in [5.41, 5.74) is 1.29. The van der Waals surface area contributed by atoms with Gasteiger partial charge in [-0.25, -0.2) is 23.7 Å². The molecule has 0 aliphatic carbocycles. The third-order valence-electron chi connectivity index (χ3n) is 4.93. The number of ether oxygens (including phenoxy) is 3. The number of nitrogens with zero attached hydrogens (tertiary/aromatic N) is 5. The van der Waals surface area contributed by atoms with Crippen molar-refractivity contribution in [3.63, 3.8) is 0 Å². The van der Waals surface area contributed by atoms with Crippen molar-refractivity contribution in [2.24, 2.45) is 0 Å². The first-order valence-corrected chi connectivity index (χ1v) is 9.67. The van der Waals surface area contributed by atoms with Gasteiger partial charge in [0, 0.05) is 24.9 Å². The van der Waals surface area contributed by atoms with Crippen molar-refractivity contribution < 1.29 is 23.4 Å². The normalized spacial score (nSPS) is 17.0. The van der Waals surface area contributed by atoms with Crippen molar-refractivity contribution in [3.05, 3.63) is 47.7 Å². The molecule has 1 aliphatic heterocycles. The van der Waals surface area contributed by atoms with Crippen LogP contribution in [0.5, 0.6) is 5.88 Å². The molecule has 4 rings (SSSR count). The quantitative estimate of drug-likeness (QED) is 0.587. The molecular weight excluding hydrogens is 393 g/mol. The van der Waals surface area contributed by atoms with Crippen LogP contribution in [-0.4, -0.2) is 59.0 Å². The highest BCUT2D eigenvalue weighted by Crippen LogP contribution is 2.35. The van der Waals surface area contributed by atoms with Gasteiger partial charge in [0.05, 0.1) is 38.8 Å². The van der Waals surface area contributed by atoms with Crippen LogP contribution < -0.4 is 9.64 Å². The van der Waals surface area contributed by atoms with Crippen LogP contribution >= 0.6 is 0 Å². The van der Waals surface area contributed by atoms with Gasteiger partial charge >= 0.3 is 5.97 Å². The first-order chi connectivity index (χ1) is 14.6. The van der Waals surface area contributed by atoms with E-state index < -0.39 is 11.8 Å². The number of esters is 1. The maximum Gasteiger partial charge on any atom is 0.343 e. The molecule has 3 aromatic rings. The van der Waals surface area contributed by atoms with Crippen LogP contribution in [0.15, 0.2) is 30.7 Å². The first-order valence-electron chi connectivity index (χ1n) is 9.67. The van der Waals surface area contributed by atoms with E-state index in [1.165, 1.54) is 23.9 Å². The molecule has 158 valence electrons. The minimum Gasteiger partial charge on any atom is -0.481 e. The molecule has 0 amide bonds. The Morgan fingerprint density at radius 1 is 1.37 bits per heavy atom. The van der Waals surface area contributed by atoms with Gasteiger partial charge < -0.3 is 19.1 Å². The summed E-state index contributed by atoms with van der Waals surface area (Å²) in [6.45, 7) is 3.51. The summed E-state index contributed by atoms with van der Waals surface area (Å²) in [5, 5.41) is 4.17. The first kappa shape index (κ1) is 20.0. The molecule has 0 spiro atoms. The summed E-state index contributed by atoms with van der Waals surface area (Å²) >= 11 is 0. The fourth-order valence-electron chi connectivity index (χ4n) is 3.59. The van der Waals surface area contributed by atoms with E-state index in [4.69, 9.17) is 14.2 Å². The van der Waals surface area contributed by atoms with E-state index in [1.807, 2.05) is 4.90 Å². The summed E-state index contributed by atoms with van der Waals surface area (Å²) in [5.74, 6) is 0.0323. The second-order valence-electron chi connectivity index (χ2n) is 6.69. The molecule has 0 bridgehead atoms. The zero-order chi connectivity index (χ0) is 21.1. The molecule has 1 unspecified atom stereocenters. The van der Waals surface area contributed by atoms with Crippen LogP contribution in [0.4, 0.5) is 10.2 Å². The fourth-order valence-corrected chi connectivity index (χ4v) is 3.59. The van der Waals surface area contributed by atoms with Crippen molar-refractivity contribution >= 4 is 17.4 Å². The highest BCUT2D eigenvalue weighted by Gasteiger charge is 2.28. The van der Waals surface area contributed by atoms with Crippen LogP contribution in [-0.2, 0) is 9.47 Å². The topological polar surface area (TPSA) is 91.1 Å². The molecule has 1 fully saturated rings. The number of aromatic nitrogens is 4. The predicted octanol–water partition coefficient (Wildman–Crippen LogP) is 2.42. The highest BCUT2D eigenvalue weighted by atomic mass is 19.1. The molecule has 0 saturated carbocycles. The molecular formula is C20H22FN5O4. The Bertz CT molecular complexity index is 1060. The number of methoxy groups -OCH3 is 1. The molecule has 30 heavy (non-hydrogen) atoms. The van der Waals surface area contributed by atoms with Gasteiger partial charge in [-0.1, -0.05) is 0 Å². The van der Waals surface area contributed by atoms with Crippen LogP contribution in [0.25, 0.3) is 5.65 Å².